The number of aromatic hydroxyl groups is 1. The Kier molecular flexibility index (Phi) is 7.65. The number of hydrogen-bond acceptors (Lipinski definition) is 2. The molecule has 0 saturated carbocycles. The quantitative estimate of drug-likeness (QED) is 0.795. The average Bonchev–Trinajstić information content (AvgIpc) is 2.51. The van der Waals surface area contributed by atoms with E-state index in [1.807, 2.05) is 12.1 Å². The third-order valence-electron chi connectivity index (χ3n) is 3.03. The molecule has 2 rings (SSSR count). The molecule has 2 N–H and O–H groups in total. The van der Waals surface area contributed by atoms with Crippen LogP contribution in [-0.2, 0) is 6.42 Å². The van der Waals surface area contributed by atoms with Gasteiger partial charge in [0.1, 0.15) is 5.75 Å². The summed E-state index contributed by atoms with van der Waals surface area (Å²) in [5, 5.41) is 17.4. The second-order valence-corrected chi connectivity index (χ2v) is 4.79. The van der Waals surface area contributed by atoms with Crippen molar-refractivity contribution < 1.29 is 15.0 Å². The maximum absolute atomic E-state index is 10.2. The van der Waals surface area contributed by atoms with Crippen LogP contribution < -0.4 is 0 Å². The van der Waals surface area contributed by atoms with E-state index in [9.17, 15) is 4.79 Å². The van der Waals surface area contributed by atoms with Gasteiger partial charge < -0.3 is 10.2 Å². The monoisotopic (exact) mass is 286 g/mol. The molecule has 0 amide bonds. The van der Waals surface area contributed by atoms with Crippen LogP contribution in [0.1, 0.15) is 42.1 Å². The highest BCUT2D eigenvalue weighted by Crippen LogP contribution is 2.12. The standard InChI is InChI=1S/C11H16O.C7H6O2/c1-2-3-4-5-10-6-8-11(12)9-7-10;8-7(9)6-4-2-1-3-5-6/h6-9,12H,2-5H2,1H3;1-5H,(H,8,9). The van der Waals surface area contributed by atoms with Gasteiger partial charge in [-0.05, 0) is 42.7 Å². The zero-order chi connectivity index (χ0) is 15.5. The molecular formula is C18H22O3. The van der Waals surface area contributed by atoms with Crippen LogP contribution in [0.2, 0.25) is 0 Å². The molecule has 0 bridgehead atoms. The topological polar surface area (TPSA) is 57.5 Å². The van der Waals surface area contributed by atoms with E-state index in [4.69, 9.17) is 10.2 Å². The van der Waals surface area contributed by atoms with Crippen LogP contribution in [-0.4, -0.2) is 16.2 Å². The van der Waals surface area contributed by atoms with Crippen molar-refractivity contribution in [1.29, 1.82) is 0 Å². The first-order valence-corrected chi connectivity index (χ1v) is 7.19. The van der Waals surface area contributed by atoms with Crippen LogP contribution in [0.3, 0.4) is 0 Å². The average molecular weight is 286 g/mol. The van der Waals surface area contributed by atoms with E-state index in [0.717, 1.165) is 6.42 Å². The summed E-state index contributed by atoms with van der Waals surface area (Å²) in [4.78, 5) is 10.2. The molecule has 0 saturated heterocycles. The predicted octanol–water partition coefficient (Wildman–Crippen LogP) is 4.51. The number of aryl methyl sites for hydroxylation is 1. The van der Waals surface area contributed by atoms with Gasteiger partial charge in [0.15, 0.2) is 0 Å². The van der Waals surface area contributed by atoms with Crippen molar-refractivity contribution in [1.82, 2.24) is 0 Å². The normalized spacial score (nSPS) is 9.57. The molecule has 0 aliphatic carbocycles. The third-order valence-corrected chi connectivity index (χ3v) is 3.03. The van der Waals surface area contributed by atoms with Gasteiger partial charge in [-0.1, -0.05) is 50.1 Å². The Hall–Kier alpha value is -2.29. The van der Waals surface area contributed by atoms with E-state index in [2.05, 4.69) is 6.92 Å². The second-order valence-electron chi connectivity index (χ2n) is 4.79. The molecule has 0 aliphatic rings. The molecule has 0 aliphatic heterocycles. The minimum atomic E-state index is -0.879. The van der Waals surface area contributed by atoms with Gasteiger partial charge in [0.25, 0.3) is 0 Å². The fraction of sp³-hybridized carbons (Fsp3) is 0.278. The van der Waals surface area contributed by atoms with E-state index in [0.29, 0.717) is 11.3 Å². The van der Waals surface area contributed by atoms with Crippen molar-refractivity contribution in [3.8, 4) is 5.75 Å². The van der Waals surface area contributed by atoms with Crippen molar-refractivity contribution in [2.24, 2.45) is 0 Å². The van der Waals surface area contributed by atoms with E-state index in [-0.39, 0.29) is 0 Å². The van der Waals surface area contributed by atoms with Crippen molar-refractivity contribution in [2.45, 2.75) is 32.6 Å². The maximum Gasteiger partial charge on any atom is 0.335 e. The number of phenols is 1. The number of rotatable bonds is 5. The predicted molar refractivity (Wildman–Crippen MR) is 84.7 cm³/mol. The minimum Gasteiger partial charge on any atom is -0.508 e. The van der Waals surface area contributed by atoms with Gasteiger partial charge in [0.2, 0.25) is 0 Å². The lowest BCUT2D eigenvalue weighted by molar-refractivity contribution is 0.0697. The summed E-state index contributed by atoms with van der Waals surface area (Å²) >= 11 is 0. The summed E-state index contributed by atoms with van der Waals surface area (Å²) in [6.45, 7) is 2.21. The number of unbranched alkanes of at least 4 members (excludes halogenated alkanes) is 2. The molecule has 0 aromatic heterocycles. The molecule has 0 atom stereocenters. The first-order chi connectivity index (χ1) is 10.1. The van der Waals surface area contributed by atoms with Crippen molar-refractivity contribution in [3.63, 3.8) is 0 Å². The van der Waals surface area contributed by atoms with Crippen LogP contribution in [0.4, 0.5) is 0 Å². The first-order valence-electron chi connectivity index (χ1n) is 7.19. The van der Waals surface area contributed by atoms with Gasteiger partial charge in [0.05, 0.1) is 5.56 Å². The van der Waals surface area contributed by atoms with E-state index in [1.165, 1.54) is 24.8 Å². The number of carboxylic acid groups (broad SMARTS) is 1. The zero-order valence-electron chi connectivity index (χ0n) is 12.3. The Morgan fingerprint density at radius 3 is 2.05 bits per heavy atom. The SMILES string of the molecule is CCCCCc1ccc(O)cc1.O=C(O)c1ccccc1. The van der Waals surface area contributed by atoms with Gasteiger partial charge in [-0.3, -0.25) is 0 Å². The molecule has 0 heterocycles. The van der Waals surface area contributed by atoms with Crippen LogP contribution in [0.5, 0.6) is 5.75 Å². The molecule has 3 nitrogen and oxygen atoms in total. The number of carbonyl (C=O) groups is 1. The van der Waals surface area contributed by atoms with Gasteiger partial charge in [-0.25, -0.2) is 4.79 Å². The molecule has 3 heteroatoms. The fourth-order valence-corrected chi connectivity index (χ4v) is 1.82. The number of carboxylic acids is 1. The summed E-state index contributed by atoms with van der Waals surface area (Å²) in [6, 6.07) is 15.8. The lowest BCUT2D eigenvalue weighted by atomic mass is 10.1. The lowest BCUT2D eigenvalue weighted by Crippen LogP contribution is -1.93. The Morgan fingerprint density at radius 1 is 0.952 bits per heavy atom. The largest absolute Gasteiger partial charge is 0.508 e. The highest BCUT2D eigenvalue weighted by Gasteiger charge is 1.96. The highest BCUT2D eigenvalue weighted by atomic mass is 16.4. The molecule has 2 aromatic rings. The van der Waals surface area contributed by atoms with E-state index >= 15 is 0 Å². The Morgan fingerprint density at radius 2 is 1.57 bits per heavy atom. The van der Waals surface area contributed by atoms with E-state index < -0.39 is 5.97 Å². The molecular weight excluding hydrogens is 264 g/mol. The summed E-state index contributed by atoms with van der Waals surface area (Å²) < 4.78 is 0. The number of benzene rings is 2. The molecule has 2 aromatic carbocycles. The van der Waals surface area contributed by atoms with Gasteiger partial charge in [0, 0.05) is 0 Å². The molecule has 112 valence electrons. The van der Waals surface area contributed by atoms with Gasteiger partial charge >= 0.3 is 5.97 Å². The zero-order valence-corrected chi connectivity index (χ0v) is 12.3. The van der Waals surface area contributed by atoms with Crippen molar-refractivity contribution >= 4 is 5.97 Å². The molecule has 0 unspecified atom stereocenters. The van der Waals surface area contributed by atoms with Crippen LogP contribution in [0.15, 0.2) is 54.6 Å². The smallest absolute Gasteiger partial charge is 0.335 e. The highest BCUT2D eigenvalue weighted by molar-refractivity contribution is 5.87. The number of phenolic OH excluding ortho intramolecular Hbond substituents is 1. The Balaban J connectivity index is 0.000000219. The summed E-state index contributed by atoms with van der Waals surface area (Å²) in [5.74, 6) is -0.523. The van der Waals surface area contributed by atoms with Crippen LogP contribution in [0.25, 0.3) is 0 Å². The van der Waals surface area contributed by atoms with Crippen LogP contribution in [0, 0.1) is 0 Å². The maximum atomic E-state index is 10.2. The summed E-state index contributed by atoms with van der Waals surface area (Å²) in [6.07, 6.45) is 4.94. The Labute approximate surface area is 125 Å². The molecule has 0 fully saturated rings. The minimum absolute atomic E-state index is 0.331. The second kappa shape index (κ2) is 9.59. The lowest BCUT2D eigenvalue weighted by Gasteiger charge is -1.99. The van der Waals surface area contributed by atoms with Gasteiger partial charge in [-0.2, -0.15) is 0 Å². The summed E-state index contributed by atoms with van der Waals surface area (Å²) in [5.41, 5.74) is 1.65. The molecule has 0 spiro atoms. The number of hydrogen-bond donors (Lipinski definition) is 2. The van der Waals surface area contributed by atoms with Crippen molar-refractivity contribution in [2.75, 3.05) is 0 Å². The van der Waals surface area contributed by atoms with E-state index in [1.54, 1.807) is 42.5 Å². The number of aromatic carboxylic acids is 1. The first kappa shape index (κ1) is 16.8. The van der Waals surface area contributed by atoms with Gasteiger partial charge in [-0.15, -0.1) is 0 Å². The third kappa shape index (κ3) is 7.16. The van der Waals surface area contributed by atoms with Crippen LogP contribution >= 0.6 is 0 Å². The fourth-order valence-electron chi connectivity index (χ4n) is 1.82. The molecule has 0 radical (unpaired) electrons. The Bertz CT molecular complexity index is 518. The van der Waals surface area contributed by atoms with Crippen molar-refractivity contribution in [3.05, 3.63) is 65.7 Å². The molecule has 21 heavy (non-hydrogen) atoms. The summed E-state index contributed by atoms with van der Waals surface area (Å²) in [7, 11) is 0.